The molecule has 3 N–H and O–H groups in total. The van der Waals surface area contributed by atoms with E-state index in [1.54, 1.807) is 0 Å². The quantitative estimate of drug-likeness (QED) is 0.152. The first kappa shape index (κ1) is 29.0. The average Bonchev–Trinajstić information content (AvgIpc) is 3.14. The number of rotatable bonds is 7. The number of carbonyl (C=O) groups excluding carboxylic acids is 1. The van der Waals surface area contributed by atoms with Gasteiger partial charge >= 0.3 is 6.08 Å². The maximum atomic E-state index is 13.8. The van der Waals surface area contributed by atoms with Crippen LogP contribution in [-0.2, 0) is 25.0 Å². The Morgan fingerprint density at radius 1 is 1.00 bits per heavy atom. The van der Waals surface area contributed by atoms with Gasteiger partial charge in [-0.25, -0.2) is 0 Å². The summed E-state index contributed by atoms with van der Waals surface area (Å²) in [4.78, 5) is 18.1. The van der Waals surface area contributed by atoms with Crippen LogP contribution < -0.4 is 10.3 Å². The van der Waals surface area contributed by atoms with Crippen molar-refractivity contribution < 1.29 is 39.5 Å². The Balaban J connectivity index is 1.68. The van der Waals surface area contributed by atoms with Gasteiger partial charge in [0, 0.05) is 11.3 Å². The van der Waals surface area contributed by atoms with Crippen molar-refractivity contribution in [1.82, 2.24) is 9.97 Å². The number of nitrogens with one attached hydrogen (secondary N) is 1. The molecule has 0 fully saturated rings. The van der Waals surface area contributed by atoms with E-state index < -0.39 is 64.8 Å². The van der Waals surface area contributed by atoms with Crippen molar-refractivity contribution >= 4 is 66.3 Å². The SMILES string of the molecule is CC1=NN(c2ccc(S(=O)(=O)O)cc2)C(=O)[C@@H]1N=Nc1cc(S(=O)(=O)O)cc(Nc2nc(F)nc(F)c2Cl)c1C. The Kier molecular flexibility index (Phi) is 7.65. The van der Waals surface area contributed by atoms with Gasteiger partial charge < -0.3 is 5.32 Å². The first-order valence-corrected chi connectivity index (χ1v) is 14.0. The van der Waals surface area contributed by atoms with Crippen LogP contribution in [0.4, 0.5) is 31.7 Å². The molecule has 1 aliphatic heterocycles. The van der Waals surface area contributed by atoms with E-state index in [9.17, 15) is 35.0 Å². The topological polar surface area (TPSA) is 204 Å². The van der Waals surface area contributed by atoms with Gasteiger partial charge in [-0.3, -0.25) is 13.9 Å². The van der Waals surface area contributed by atoms with E-state index >= 15 is 0 Å². The minimum Gasteiger partial charge on any atom is -0.338 e. The lowest BCUT2D eigenvalue weighted by atomic mass is 10.1. The number of hydrogen-bond donors (Lipinski definition) is 3. The number of azo groups is 1. The molecule has 4 rings (SSSR count). The van der Waals surface area contributed by atoms with E-state index in [1.807, 2.05) is 0 Å². The van der Waals surface area contributed by atoms with Gasteiger partial charge in [-0.05, 0) is 50.2 Å². The molecule has 0 aliphatic carbocycles. The van der Waals surface area contributed by atoms with Gasteiger partial charge in [0.25, 0.3) is 26.1 Å². The van der Waals surface area contributed by atoms with Crippen molar-refractivity contribution in [3.63, 3.8) is 0 Å². The summed E-state index contributed by atoms with van der Waals surface area (Å²) in [5.74, 6) is -2.62. The molecule has 40 heavy (non-hydrogen) atoms. The highest BCUT2D eigenvalue weighted by atomic mass is 35.5. The van der Waals surface area contributed by atoms with E-state index in [1.165, 1.54) is 26.0 Å². The van der Waals surface area contributed by atoms with Crippen LogP contribution in [0.2, 0.25) is 5.02 Å². The molecule has 0 saturated heterocycles. The third kappa shape index (κ3) is 5.94. The number of nitrogens with zero attached hydrogens (tertiary/aromatic N) is 6. The van der Waals surface area contributed by atoms with Crippen molar-refractivity contribution in [2.45, 2.75) is 29.7 Å². The Bertz CT molecular complexity index is 1820. The molecule has 1 amide bonds. The highest BCUT2D eigenvalue weighted by molar-refractivity contribution is 7.86. The van der Waals surface area contributed by atoms with Crippen LogP contribution in [0.1, 0.15) is 12.5 Å². The molecule has 0 saturated carbocycles. The molecule has 14 nitrogen and oxygen atoms in total. The van der Waals surface area contributed by atoms with Crippen LogP contribution in [0.3, 0.4) is 0 Å². The lowest BCUT2D eigenvalue weighted by Gasteiger charge is -2.14. The summed E-state index contributed by atoms with van der Waals surface area (Å²) in [6, 6.07) is 5.21. The molecule has 0 unspecified atom stereocenters. The van der Waals surface area contributed by atoms with Crippen LogP contribution in [-0.4, -0.2) is 53.6 Å². The number of aromatic nitrogens is 2. The van der Waals surface area contributed by atoms with Gasteiger partial charge in [-0.1, -0.05) is 11.6 Å². The summed E-state index contributed by atoms with van der Waals surface area (Å²) in [5.41, 5.74) is 0.191. The molecule has 1 aliphatic rings. The summed E-state index contributed by atoms with van der Waals surface area (Å²) in [7, 11) is -9.27. The maximum absolute atomic E-state index is 13.8. The number of anilines is 3. The smallest absolute Gasteiger partial charge is 0.313 e. The molecule has 2 heterocycles. The standard InChI is InChI=1S/C21H16ClF2N7O7S2/c1-9-14(25-19-16(22)18(23)26-21(24)27-19)7-13(40(36,37)38)8-15(9)28-29-17-10(2)30-31(20(17)32)11-3-5-12(6-4-11)39(33,34)35/h3-8,17H,1-2H3,(H,25,26,27)(H,33,34,35)(H,36,37,38)/t17-/m1/s1. The Labute approximate surface area is 229 Å². The van der Waals surface area contributed by atoms with Gasteiger partial charge in [-0.2, -0.15) is 55.9 Å². The second kappa shape index (κ2) is 10.5. The second-order valence-electron chi connectivity index (χ2n) is 8.14. The van der Waals surface area contributed by atoms with Crippen LogP contribution in [0.25, 0.3) is 0 Å². The van der Waals surface area contributed by atoms with E-state index in [0.29, 0.717) is 0 Å². The molecule has 1 aromatic heterocycles. The van der Waals surface area contributed by atoms with Gasteiger partial charge in [0.2, 0.25) is 5.95 Å². The van der Waals surface area contributed by atoms with Crippen molar-refractivity contribution in [3.05, 3.63) is 59.0 Å². The summed E-state index contributed by atoms with van der Waals surface area (Å²) >= 11 is 5.78. The van der Waals surface area contributed by atoms with Crippen molar-refractivity contribution in [3.8, 4) is 0 Å². The van der Waals surface area contributed by atoms with Crippen LogP contribution >= 0.6 is 11.6 Å². The largest absolute Gasteiger partial charge is 0.338 e. The first-order chi connectivity index (χ1) is 18.6. The highest BCUT2D eigenvalue weighted by Crippen LogP contribution is 2.35. The zero-order chi connectivity index (χ0) is 29.6. The number of hydrogen-bond acceptors (Lipinski definition) is 11. The van der Waals surface area contributed by atoms with E-state index in [-0.39, 0.29) is 28.3 Å². The molecule has 3 aromatic rings. The number of hydrazone groups is 1. The van der Waals surface area contributed by atoms with Crippen LogP contribution in [0.5, 0.6) is 0 Å². The third-order valence-electron chi connectivity index (χ3n) is 5.44. The Morgan fingerprint density at radius 3 is 2.23 bits per heavy atom. The minimum atomic E-state index is -4.82. The van der Waals surface area contributed by atoms with Gasteiger partial charge in [0.1, 0.15) is 5.02 Å². The first-order valence-electron chi connectivity index (χ1n) is 10.7. The number of benzene rings is 2. The monoisotopic (exact) mass is 615 g/mol. The predicted octanol–water partition coefficient (Wildman–Crippen LogP) is 3.83. The Morgan fingerprint density at radius 2 is 1.62 bits per heavy atom. The molecule has 0 bridgehead atoms. The molecule has 0 spiro atoms. The fraction of sp³-hybridized carbons (Fsp3) is 0.143. The molecule has 2 aromatic carbocycles. The van der Waals surface area contributed by atoms with E-state index in [4.69, 9.17) is 16.2 Å². The van der Waals surface area contributed by atoms with Gasteiger partial charge in [-0.15, -0.1) is 0 Å². The summed E-state index contributed by atoms with van der Waals surface area (Å²) in [5, 5.41) is 14.7. The normalized spacial score (nSPS) is 16.1. The van der Waals surface area contributed by atoms with Gasteiger partial charge in [0.05, 0.1) is 26.9 Å². The minimum absolute atomic E-state index is 0.132. The van der Waals surface area contributed by atoms with Crippen molar-refractivity contribution in [1.29, 1.82) is 0 Å². The zero-order valence-electron chi connectivity index (χ0n) is 20.1. The van der Waals surface area contributed by atoms with E-state index in [0.717, 1.165) is 29.3 Å². The van der Waals surface area contributed by atoms with E-state index in [2.05, 4.69) is 30.6 Å². The average molecular weight is 616 g/mol. The fourth-order valence-corrected chi connectivity index (χ4v) is 4.55. The second-order valence-corrected chi connectivity index (χ2v) is 11.4. The molecule has 210 valence electrons. The Hall–Kier alpha value is -3.97. The third-order valence-corrected chi connectivity index (χ3v) is 7.48. The molecule has 19 heteroatoms. The lowest BCUT2D eigenvalue weighted by molar-refractivity contribution is -0.117. The predicted molar refractivity (Wildman–Crippen MR) is 136 cm³/mol. The molecular formula is C21H16ClF2N7O7S2. The zero-order valence-corrected chi connectivity index (χ0v) is 22.5. The highest BCUT2D eigenvalue weighted by Gasteiger charge is 2.35. The summed E-state index contributed by atoms with van der Waals surface area (Å²) in [6.45, 7) is 2.88. The lowest BCUT2D eigenvalue weighted by Crippen LogP contribution is -2.29. The summed E-state index contributed by atoms with van der Waals surface area (Å²) in [6.07, 6.45) is -1.46. The number of halogens is 3. The van der Waals surface area contributed by atoms with Crippen LogP contribution in [0.15, 0.2) is 61.5 Å². The van der Waals surface area contributed by atoms with Crippen molar-refractivity contribution in [2.75, 3.05) is 10.3 Å². The summed E-state index contributed by atoms with van der Waals surface area (Å²) < 4.78 is 92.3. The number of carbonyl (C=O) groups is 1. The fourth-order valence-electron chi connectivity index (χ4n) is 3.41. The van der Waals surface area contributed by atoms with Crippen molar-refractivity contribution in [2.24, 2.45) is 15.3 Å². The molecule has 1 atom stereocenters. The van der Waals surface area contributed by atoms with Gasteiger partial charge in [0.15, 0.2) is 11.9 Å². The maximum Gasteiger partial charge on any atom is 0.313 e. The number of amides is 1. The molecular weight excluding hydrogens is 600 g/mol. The van der Waals surface area contributed by atoms with Crippen LogP contribution in [0, 0.1) is 18.9 Å². The molecule has 0 radical (unpaired) electrons.